The highest BCUT2D eigenvalue weighted by Crippen LogP contribution is 2.39. The van der Waals surface area contributed by atoms with E-state index in [1.807, 2.05) is 0 Å². The van der Waals surface area contributed by atoms with Crippen molar-refractivity contribution < 1.29 is 24.6 Å². The molecule has 2 atom stereocenters. The standard InChI is InChI=1S/C13H19NO5/c1-13(12(18)19)5-2-6-14(7-13)10(15)9(11(16)17)8-3-4-8/h8-9H,2-7H2,1H3,(H,16,17)(H,18,19). The quantitative estimate of drug-likeness (QED) is 0.736. The molecule has 2 N–H and O–H groups in total. The van der Waals surface area contributed by atoms with Gasteiger partial charge in [0.1, 0.15) is 5.92 Å². The number of piperidine rings is 1. The number of rotatable bonds is 4. The zero-order valence-electron chi connectivity index (χ0n) is 11.0. The van der Waals surface area contributed by atoms with Gasteiger partial charge in [0, 0.05) is 13.1 Å². The van der Waals surface area contributed by atoms with Gasteiger partial charge >= 0.3 is 11.9 Å². The lowest BCUT2D eigenvalue weighted by atomic mass is 9.81. The van der Waals surface area contributed by atoms with Crippen LogP contribution in [0.15, 0.2) is 0 Å². The van der Waals surface area contributed by atoms with Crippen LogP contribution in [-0.2, 0) is 14.4 Å². The van der Waals surface area contributed by atoms with Crippen molar-refractivity contribution in [1.82, 2.24) is 4.90 Å². The van der Waals surface area contributed by atoms with E-state index in [4.69, 9.17) is 5.11 Å². The van der Waals surface area contributed by atoms with Crippen LogP contribution in [0.1, 0.15) is 32.6 Å². The Hall–Kier alpha value is -1.59. The minimum Gasteiger partial charge on any atom is -0.481 e. The second kappa shape index (κ2) is 4.83. The van der Waals surface area contributed by atoms with E-state index in [1.54, 1.807) is 6.92 Å². The Morgan fingerprint density at radius 3 is 2.37 bits per heavy atom. The predicted octanol–water partition coefficient (Wildman–Crippen LogP) is 0.810. The van der Waals surface area contributed by atoms with E-state index in [0.29, 0.717) is 19.4 Å². The molecule has 1 saturated carbocycles. The van der Waals surface area contributed by atoms with E-state index in [2.05, 4.69) is 0 Å². The van der Waals surface area contributed by atoms with E-state index < -0.39 is 29.2 Å². The number of aliphatic carboxylic acids is 2. The fourth-order valence-corrected chi connectivity index (χ4v) is 2.74. The maximum Gasteiger partial charge on any atom is 0.316 e. The first-order chi connectivity index (χ1) is 8.85. The molecule has 0 aromatic rings. The Morgan fingerprint density at radius 2 is 1.89 bits per heavy atom. The lowest BCUT2D eigenvalue weighted by Gasteiger charge is -2.38. The first-order valence-electron chi connectivity index (χ1n) is 6.60. The molecule has 6 heteroatoms. The van der Waals surface area contributed by atoms with Crippen LogP contribution in [0.25, 0.3) is 0 Å². The fraction of sp³-hybridized carbons (Fsp3) is 0.769. The number of carboxylic acid groups (broad SMARTS) is 2. The summed E-state index contributed by atoms with van der Waals surface area (Å²) in [7, 11) is 0. The third-order valence-electron chi connectivity index (χ3n) is 4.15. The van der Waals surface area contributed by atoms with Crippen LogP contribution in [0.4, 0.5) is 0 Å². The average Bonchev–Trinajstić information content (AvgIpc) is 3.13. The normalized spacial score (nSPS) is 28.8. The lowest BCUT2D eigenvalue weighted by Crippen LogP contribution is -2.51. The number of hydrogen-bond donors (Lipinski definition) is 2. The Balaban J connectivity index is 2.10. The van der Waals surface area contributed by atoms with Crippen molar-refractivity contribution in [1.29, 1.82) is 0 Å². The first-order valence-corrected chi connectivity index (χ1v) is 6.60. The summed E-state index contributed by atoms with van der Waals surface area (Å²) < 4.78 is 0. The van der Waals surface area contributed by atoms with E-state index in [9.17, 15) is 19.5 Å². The monoisotopic (exact) mass is 269 g/mol. The number of carbonyl (C=O) groups is 3. The molecule has 1 aliphatic heterocycles. The van der Waals surface area contributed by atoms with Gasteiger partial charge in [0.2, 0.25) is 5.91 Å². The molecule has 106 valence electrons. The molecule has 2 rings (SSSR count). The Kier molecular flexibility index (Phi) is 3.52. The highest BCUT2D eigenvalue weighted by Gasteiger charge is 2.46. The largest absolute Gasteiger partial charge is 0.481 e. The van der Waals surface area contributed by atoms with E-state index in [1.165, 1.54) is 4.90 Å². The molecule has 6 nitrogen and oxygen atoms in total. The summed E-state index contributed by atoms with van der Waals surface area (Å²) in [6, 6.07) is 0. The molecule has 0 radical (unpaired) electrons. The van der Waals surface area contributed by atoms with Gasteiger partial charge in [0.15, 0.2) is 0 Å². The third-order valence-corrected chi connectivity index (χ3v) is 4.15. The zero-order chi connectivity index (χ0) is 14.2. The summed E-state index contributed by atoms with van der Waals surface area (Å²) >= 11 is 0. The summed E-state index contributed by atoms with van der Waals surface area (Å²) in [6.45, 7) is 2.18. The Morgan fingerprint density at radius 1 is 1.26 bits per heavy atom. The van der Waals surface area contributed by atoms with E-state index >= 15 is 0 Å². The number of hydrogen-bond acceptors (Lipinski definition) is 3. The van der Waals surface area contributed by atoms with Gasteiger partial charge in [-0.25, -0.2) is 0 Å². The SMILES string of the molecule is CC1(C(=O)O)CCCN(C(=O)C(C(=O)O)C2CC2)C1. The van der Waals surface area contributed by atoms with Crippen LogP contribution >= 0.6 is 0 Å². The summed E-state index contributed by atoms with van der Waals surface area (Å²) in [5.41, 5.74) is -0.958. The first kappa shape index (κ1) is 13.8. The van der Waals surface area contributed by atoms with Gasteiger partial charge in [-0.2, -0.15) is 0 Å². The van der Waals surface area contributed by atoms with Gasteiger partial charge in [-0.3, -0.25) is 14.4 Å². The molecular formula is C13H19NO5. The highest BCUT2D eigenvalue weighted by molar-refractivity contribution is 5.98. The van der Waals surface area contributed by atoms with Gasteiger partial charge in [0.05, 0.1) is 5.41 Å². The van der Waals surface area contributed by atoms with Gasteiger partial charge in [0.25, 0.3) is 0 Å². The Labute approximate surface area is 111 Å². The molecule has 1 aliphatic carbocycles. The molecule has 1 saturated heterocycles. The summed E-state index contributed by atoms with van der Waals surface area (Å²) in [4.78, 5) is 36.1. The van der Waals surface area contributed by atoms with Crippen LogP contribution in [0.3, 0.4) is 0 Å². The molecule has 0 bridgehead atoms. The summed E-state index contributed by atoms with van der Waals surface area (Å²) in [5, 5.41) is 18.4. The smallest absolute Gasteiger partial charge is 0.316 e. The molecule has 2 fully saturated rings. The average molecular weight is 269 g/mol. The highest BCUT2D eigenvalue weighted by atomic mass is 16.4. The van der Waals surface area contributed by atoms with Crippen molar-refractivity contribution in [2.24, 2.45) is 17.3 Å². The van der Waals surface area contributed by atoms with E-state index in [-0.39, 0.29) is 12.5 Å². The second-order valence-electron chi connectivity index (χ2n) is 5.88. The van der Waals surface area contributed by atoms with Crippen molar-refractivity contribution in [3.05, 3.63) is 0 Å². The number of carboxylic acids is 2. The molecule has 2 unspecified atom stereocenters. The maximum atomic E-state index is 12.3. The summed E-state index contributed by atoms with van der Waals surface area (Å²) in [6.07, 6.45) is 2.66. The maximum absolute atomic E-state index is 12.3. The fourth-order valence-electron chi connectivity index (χ4n) is 2.74. The van der Waals surface area contributed by atoms with Gasteiger partial charge in [-0.05, 0) is 38.5 Å². The molecule has 0 spiro atoms. The minimum absolute atomic E-state index is 0.0667. The molecular weight excluding hydrogens is 250 g/mol. The van der Waals surface area contributed by atoms with Crippen LogP contribution in [0.5, 0.6) is 0 Å². The number of amides is 1. The second-order valence-corrected chi connectivity index (χ2v) is 5.88. The van der Waals surface area contributed by atoms with Crippen LogP contribution < -0.4 is 0 Å². The van der Waals surface area contributed by atoms with E-state index in [0.717, 1.165) is 12.8 Å². The molecule has 19 heavy (non-hydrogen) atoms. The topological polar surface area (TPSA) is 94.9 Å². The van der Waals surface area contributed by atoms with Gasteiger partial charge in [-0.1, -0.05) is 0 Å². The van der Waals surface area contributed by atoms with Crippen molar-refractivity contribution in [2.75, 3.05) is 13.1 Å². The molecule has 2 aliphatic rings. The van der Waals surface area contributed by atoms with Crippen molar-refractivity contribution in [3.8, 4) is 0 Å². The molecule has 1 amide bonds. The van der Waals surface area contributed by atoms with Gasteiger partial charge < -0.3 is 15.1 Å². The third kappa shape index (κ3) is 2.72. The number of carbonyl (C=O) groups excluding carboxylic acids is 1. The predicted molar refractivity (Wildman–Crippen MR) is 65.4 cm³/mol. The lowest BCUT2D eigenvalue weighted by molar-refractivity contribution is -0.157. The minimum atomic E-state index is -1.09. The number of likely N-dealkylation sites (tertiary alicyclic amines) is 1. The van der Waals surface area contributed by atoms with Crippen molar-refractivity contribution in [3.63, 3.8) is 0 Å². The van der Waals surface area contributed by atoms with Crippen molar-refractivity contribution >= 4 is 17.8 Å². The van der Waals surface area contributed by atoms with Crippen LogP contribution in [-0.4, -0.2) is 46.0 Å². The van der Waals surface area contributed by atoms with Crippen LogP contribution in [0.2, 0.25) is 0 Å². The molecule has 0 aromatic carbocycles. The van der Waals surface area contributed by atoms with Gasteiger partial charge in [-0.15, -0.1) is 0 Å². The van der Waals surface area contributed by atoms with Crippen LogP contribution in [0, 0.1) is 17.3 Å². The zero-order valence-corrected chi connectivity index (χ0v) is 11.0. The number of nitrogens with zero attached hydrogens (tertiary/aromatic N) is 1. The molecule has 1 heterocycles. The van der Waals surface area contributed by atoms with Crippen molar-refractivity contribution in [2.45, 2.75) is 32.6 Å². The molecule has 0 aromatic heterocycles. The summed E-state index contributed by atoms with van der Waals surface area (Å²) in [5.74, 6) is -3.49. The Bertz CT molecular complexity index is 417.